The Hall–Kier alpha value is -2.88. The highest BCUT2D eigenvalue weighted by Gasteiger charge is 2.24. The molecule has 0 bridgehead atoms. The molecule has 0 aliphatic carbocycles. The third-order valence-electron chi connectivity index (χ3n) is 3.68. The van der Waals surface area contributed by atoms with Gasteiger partial charge in [-0.05, 0) is 25.1 Å². The maximum Gasteiger partial charge on any atom is 0.263 e. The molecule has 1 aromatic carbocycles. The minimum atomic E-state index is -4.34. The average Bonchev–Trinajstić information content (AvgIpc) is 2.98. The Morgan fingerprint density at radius 2 is 1.88 bits per heavy atom. The fraction of sp³-hybridized carbons (Fsp3) is 0.125. The zero-order valence-corrected chi connectivity index (χ0v) is 14.5. The number of aromatic nitrogens is 3. The van der Waals surface area contributed by atoms with Gasteiger partial charge in [-0.15, -0.1) is 0 Å². The molecule has 0 atom stereocenters. The van der Waals surface area contributed by atoms with Crippen LogP contribution in [0.4, 0.5) is 18.9 Å². The van der Waals surface area contributed by atoms with E-state index >= 15 is 0 Å². The predicted octanol–water partition coefficient (Wildman–Crippen LogP) is 3.01. The van der Waals surface area contributed by atoms with Crippen molar-refractivity contribution < 1.29 is 21.6 Å². The van der Waals surface area contributed by atoms with Gasteiger partial charge in [-0.25, -0.2) is 26.6 Å². The van der Waals surface area contributed by atoms with Gasteiger partial charge in [0.15, 0.2) is 5.82 Å². The number of nitrogens with zero attached hydrogens (tertiary/aromatic N) is 3. The minimum absolute atomic E-state index is 0.00958. The van der Waals surface area contributed by atoms with E-state index in [2.05, 4.69) is 9.97 Å². The average molecular weight is 382 g/mol. The summed E-state index contributed by atoms with van der Waals surface area (Å²) in [6.45, 7) is 1.37. The number of rotatable bonds is 4. The molecule has 0 saturated carbocycles. The van der Waals surface area contributed by atoms with Crippen molar-refractivity contribution in [3.8, 4) is 11.4 Å². The summed E-state index contributed by atoms with van der Waals surface area (Å²) in [5.74, 6) is -2.90. The van der Waals surface area contributed by atoms with Crippen molar-refractivity contribution in [3.63, 3.8) is 0 Å². The molecule has 0 fully saturated rings. The van der Waals surface area contributed by atoms with E-state index in [-0.39, 0.29) is 11.5 Å². The first-order valence-corrected chi connectivity index (χ1v) is 8.79. The van der Waals surface area contributed by atoms with Crippen LogP contribution in [0.15, 0.2) is 41.7 Å². The lowest BCUT2D eigenvalue weighted by Gasteiger charge is -2.13. The third-order valence-corrected chi connectivity index (χ3v) is 5.16. The molecular formula is C16H13F3N4O2S. The second-order valence-electron chi connectivity index (χ2n) is 5.49. The number of nitrogens with one attached hydrogen (secondary N) is 1. The van der Waals surface area contributed by atoms with Crippen molar-refractivity contribution in [1.29, 1.82) is 0 Å². The van der Waals surface area contributed by atoms with Crippen molar-refractivity contribution in [2.75, 3.05) is 4.72 Å². The molecule has 0 aliphatic heterocycles. The largest absolute Gasteiger partial charge is 0.334 e. The predicted molar refractivity (Wildman–Crippen MR) is 88.3 cm³/mol. The van der Waals surface area contributed by atoms with Gasteiger partial charge in [-0.3, -0.25) is 9.71 Å². The van der Waals surface area contributed by atoms with Gasteiger partial charge in [0.25, 0.3) is 10.0 Å². The first kappa shape index (κ1) is 17.9. The van der Waals surface area contributed by atoms with Crippen LogP contribution in [0.1, 0.15) is 5.69 Å². The van der Waals surface area contributed by atoms with Crippen molar-refractivity contribution in [3.05, 3.63) is 59.9 Å². The Bertz CT molecular complexity index is 1100. The van der Waals surface area contributed by atoms with E-state index in [1.54, 1.807) is 7.05 Å². The first-order valence-electron chi connectivity index (χ1n) is 7.31. The summed E-state index contributed by atoms with van der Waals surface area (Å²) in [5.41, 5.74) is -0.939. The summed E-state index contributed by atoms with van der Waals surface area (Å²) in [6.07, 6.45) is 3.71. The number of aryl methyl sites for hydroxylation is 2. The Balaban J connectivity index is 2.09. The van der Waals surface area contributed by atoms with Gasteiger partial charge in [-0.2, -0.15) is 0 Å². The lowest BCUT2D eigenvalue weighted by molar-refractivity contribution is 0.582. The second-order valence-corrected chi connectivity index (χ2v) is 7.14. The zero-order valence-electron chi connectivity index (χ0n) is 13.7. The second kappa shape index (κ2) is 6.45. The van der Waals surface area contributed by atoms with E-state index < -0.39 is 43.6 Å². The van der Waals surface area contributed by atoms with Crippen LogP contribution in [-0.4, -0.2) is 23.0 Å². The fourth-order valence-electron chi connectivity index (χ4n) is 2.40. The van der Waals surface area contributed by atoms with E-state index in [4.69, 9.17) is 0 Å². The van der Waals surface area contributed by atoms with Crippen molar-refractivity contribution in [2.45, 2.75) is 11.8 Å². The van der Waals surface area contributed by atoms with Crippen LogP contribution in [0.3, 0.4) is 0 Å². The maximum absolute atomic E-state index is 14.8. The Kier molecular flexibility index (Phi) is 4.45. The van der Waals surface area contributed by atoms with Crippen LogP contribution < -0.4 is 4.72 Å². The lowest BCUT2D eigenvalue weighted by Crippen LogP contribution is -2.16. The van der Waals surface area contributed by atoms with Crippen LogP contribution >= 0.6 is 0 Å². The molecule has 1 N–H and O–H groups in total. The van der Waals surface area contributed by atoms with Crippen LogP contribution in [0.2, 0.25) is 0 Å². The summed E-state index contributed by atoms with van der Waals surface area (Å²) >= 11 is 0. The third kappa shape index (κ3) is 3.15. The topological polar surface area (TPSA) is 76.9 Å². The summed E-state index contributed by atoms with van der Waals surface area (Å²) in [5, 5.41) is 0. The normalized spacial score (nSPS) is 11.6. The van der Waals surface area contributed by atoms with Gasteiger partial charge in [0, 0.05) is 19.4 Å². The molecular weight excluding hydrogens is 369 g/mol. The zero-order chi connectivity index (χ0) is 19.1. The van der Waals surface area contributed by atoms with Gasteiger partial charge in [-0.1, -0.05) is 0 Å². The molecule has 0 radical (unpaired) electrons. The summed E-state index contributed by atoms with van der Waals surface area (Å²) < 4.78 is 70.6. The summed E-state index contributed by atoms with van der Waals surface area (Å²) in [7, 11) is -2.80. The number of pyridine rings is 1. The van der Waals surface area contributed by atoms with E-state index in [0.717, 1.165) is 24.4 Å². The Labute approximate surface area is 147 Å². The van der Waals surface area contributed by atoms with E-state index in [9.17, 15) is 21.6 Å². The number of sulfonamides is 1. The number of anilines is 1. The molecule has 0 spiro atoms. The number of imidazole rings is 1. The molecule has 3 rings (SSSR count). The van der Waals surface area contributed by atoms with Crippen LogP contribution in [0.25, 0.3) is 11.4 Å². The standard InChI is InChI=1S/C16H13F3N4O2S/c1-9-13(7-10(17)8-21-9)26(24,25)22-12-4-3-11(18)14(15(12)19)16-20-5-6-23(16)2/h3-8,22H,1-2H3. The Morgan fingerprint density at radius 1 is 1.15 bits per heavy atom. The molecule has 0 unspecified atom stereocenters. The highest BCUT2D eigenvalue weighted by molar-refractivity contribution is 7.92. The SMILES string of the molecule is Cc1ncc(F)cc1S(=O)(=O)Nc1ccc(F)c(-c2nccn2C)c1F. The monoisotopic (exact) mass is 382 g/mol. The lowest BCUT2D eigenvalue weighted by atomic mass is 10.1. The quantitative estimate of drug-likeness (QED) is 0.753. The van der Waals surface area contributed by atoms with Gasteiger partial charge in [0.1, 0.15) is 22.4 Å². The highest BCUT2D eigenvalue weighted by Crippen LogP contribution is 2.30. The van der Waals surface area contributed by atoms with Crippen molar-refractivity contribution in [1.82, 2.24) is 14.5 Å². The van der Waals surface area contributed by atoms with Crippen molar-refractivity contribution in [2.24, 2.45) is 7.05 Å². The minimum Gasteiger partial charge on any atom is -0.334 e. The molecule has 2 aromatic heterocycles. The fourth-order valence-corrected chi connectivity index (χ4v) is 3.67. The number of hydrogen-bond donors (Lipinski definition) is 1. The van der Waals surface area contributed by atoms with Gasteiger partial charge < -0.3 is 4.57 Å². The van der Waals surface area contributed by atoms with E-state index in [0.29, 0.717) is 0 Å². The molecule has 0 aliphatic rings. The molecule has 10 heteroatoms. The molecule has 6 nitrogen and oxygen atoms in total. The smallest absolute Gasteiger partial charge is 0.263 e. The maximum atomic E-state index is 14.8. The van der Waals surface area contributed by atoms with Crippen molar-refractivity contribution >= 4 is 15.7 Å². The number of halogens is 3. The molecule has 2 heterocycles. The summed E-state index contributed by atoms with van der Waals surface area (Å²) in [4.78, 5) is 7.06. The van der Waals surface area contributed by atoms with E-state index in [1.165, 1.54) is 23.9 Å². The first-order chi connectivity index (χ1) is 12.2. The van der Waals surface area contributed by atoms with Gasteiger partial charge in [0.2, 0.25) is 0 Å². The van der Waals surface area contributed by atoms with Gasteiger partial charge in [0.05, 0.1) is 23.1 Å². The van der Waals surface area contributed by atoms with Crippen LogP contribution in [0.5, 0.6) is 0 Å². The summed E-state index contributed by atoms with van der Waals surface area (Å²) in [6, 6.07) is 2.63. The number of benzene rings is 1. The van der Waals surface area contributed by atoms with Gasteiger partial charge >= 0.3 is 0 Å². The van der Waals surface area contributed by atoms with E-state index in [1.807, 2.05) is 4.72 Å². The Morgan fingerprint density at radius 3 is 2.54 bits per heavy atom. The molecule has 26 heavy (non-hydrogen) atoms. The highest BCUT2D eigenvalue weighted by atomic mass is 32.2. The molecule has 136 valence electrons. The number of hydrogen-bond acceptors (Lipinski definition) is 4. The molecule has 0 amide bonds. The molecule has 3 aromatic rings. The van der Waals surface area contributed by atoms with Crippen LogP contribution in [0, 0.1) is 24.4 Å². The van der Waals surface area contributed by atoms with Crippen LogP contribution in [-0.2, 0) is 17.1 Å². The molecule has 0 saturated heterocycles.